The summed E-state index contributed by atoms with van der Waals surface area (Å²) in [5, 5.41) is 11.4. The molecule has 0 radical (unpaired) electrons. The topological polar surface area (TPSA) is 100.0 Å². The molecule has 0 amide bonds. The van der Waals surface area contributed by atoms with Gasteiger partial charge in [0.15, 0.2) is 17.1 Å². The summed E-state index contributed by atoms with van der Waals surface area (Å²) >= 11 is 0. The summed E-state index contributed by atoms with van der Waals surface area (Å²) < 4.78 is 16.4. The monoisotopic (exact) mass is 401 g/mol. The number of aliphatic imine (C=N–C) groups is 1. The van der Waals surface area contributed by atoms with E-state index in [1.807, 2.05) is 31.2 Å². The molecule has 8 nitrogen and oxygen atoms in total. The lowest BCUT2D eigenvalue weighted by atomic mass is 10.1. The molecule has 0 atom stereocenters. The van der Waals surface area contributed by atoms with Gasteiger partial charge in [-0.1, -0.05) is 18.2 Å². The van der Waals surface area contributed by atoms with E-state index in [0.29, 0.717) is 39.7 Å². The molecule has 0 bridgehead atoms. The number of nitro benzene ring substituents is 1. The quantitative estimate of drug-likeness (QED) is 0.265. The van der Waals surface area contributed by atoms with Gasteiger partial charge in [0.25, 0.3) is 5.69 Å². The van der Waals surface area contributed by atoms with Crippen LogP contribution in [0.3, 0.4) is 0 Å². The first-order valence-electron chi connectivity index (χ1n) is 9.17. The van der Waals surface area contributed by atoms with Crippen molar-refractivity contribution in [3.05, 3.63) is 75.8 Å². The summed E-state index contributed by atoms with van der Waals surface area (Å²) in [6, 6.07) is 16.1. The number of hydrogen-bond acceptors (Lipinski definition) is 7. The molecule has 3 aromatic carbocycles. The average Bonchev–Trinajstić information content (AvgIpc) is 3.37. The van der Waals surface area contributed by atoms with Crippen molar-refractivity contribution in [2.45, 2.75) is 6.92 Å². The van der Waals surface area contributed by atoms with Crippen molar-refractivity contribution >= 4 is 28.7 Å². The largest absolute Gasteiger partial charge is 0.454 e. The van der Waals surface area contributed by atoms with Crippen LogP contribution in [0.25, 0.3) is 22.6 Å². The highest BCUT2D eigenvalue weighted by molar-refractivity contribution is 5.89. The number of oxazole rings is 1. The highest BCUT2D eigenvalue weighted by Gasteiger charge is 2.22. The fraction of sp³-hybridized carbons (Fsp3) is 0.0909. The Labute approximate surface area is 170 Å². The first-order chi connectivity index (χ1) is 14.6. The highest BCUT2D eigenvalue weighted by Crippen LogP contribution is 2.37. The fourth-order valence-electron chi connectivity index (χ4n) is 3.28. The summed E-state index contributed by atoms with van der Waals surface area (Å²) in [5.41, 5.74) is 4.10. The number of ether oxygens (including phenoxy) is 2. The van der Waals surface area contributed by atoms with Crippen molar-refractivity contribution in [3.63, 3.8) is 0 Å². The third-order valence-electron chi connectivity index (χ3n) is 4.82. The fourth-order valence-corrected chi connectivity index (χ4v) is 3.28. The molecular weight excluding hydrogens is 386 g/mol. The van der Waals surface area contributed by atoms with Crippen molar-refractivity contribution in [1.29, 1.82) is 0 Å². The van der Waals surface area contributed by atoms with Crippen LogP contribution in [0.1, 0.15) is 11.1 Å². The number of rotatable bonds is 4. The number of fused-ring (bicyclic) bond motifs is 2. The Balaban J connectivity index is 1.50. The van der Waals surface area contributed by atoms with E-state index >= 15 is 0 Å². The van der Waals surface area contributed by atoms with Crippen LogP contribution in [-0.4, -0.2) is 22.9 Å². The van der Waals surface area contributed by atoms with Gasteiger partial charge in [-0.3, -0.25) is 15.1 Å². The maximum atomic E-state index is 11.4. The Morgan fingerprint density at radius 1 is 1.10 bits per heavy atom. The second-order valence-corrected chi connectivity index (χ2v) is 6.77. The van der Waals surface area contributed by atoms with Crippen molar-refractivity contribution < 1.29 is 18.8 Å². The van der Waals surface area contributed by atoms with Crippen LogP contribution in [0.2, 0.25) is 0 Å². The molecule has 0 unspecified atom stereocenters. The Morgan fingerprint density at radius 3 is 2.70 bits per heavy atom. The number of hydrogen-bond donors (Lipinski definition) is 0. The predicted molar refractivity (Wildman–Crippen MR) is 111 cm³/mol. The van der Waals surface area contributed by atoms with Crippen LogP contribution < -0.4 is 9.47 Å². The van der Waals surface area contributed by atoms with Gasteiger partial charge in [-0.15, -0.1) is 0 Å². The molecule has 148 valence electrons. The van der Waals surface area contributed by atoms with Crippen LogP contribution in [0.4, 0.5) is 11.4 Å². The van der Waals surface area contributed by atoms with Gasteiger partial charge in [0.2, 0.25) is 12.7 Å². The third-order valence-corrected chi connectivity index (χ3v) is 4.82. The first kappa shape index (κ1) is 17.9. The van der Waals surface area contributed by atoms with Gasteiger partial charge < -0.3 is 13.9 Å². The molecule has 0 saturated carbocycles. The first-order valence-corrected chi connectivity index (χ1v) is 9.17. The minimum Gasteiger partial charge on any atom is -0.454 e. The maximum Gasteiger partial charge on any atom is 0.282 e. The van der Waals surface area contributed by atoms with E-state index in [-0.39, 0.29) is 12.5 Å². The van der Waals surface area contributed by atoms with E-state index in [1.165, 1.54) is 12.3 Å². The molecular formula is C22H15N3O5. The van der Waals surface area contributed by atoms with Gasteiger partial charge in [0.1, 0.15) is 5.52 Å². The molecule has 8 heteroatoms. The van der Waals surface area contributed by atoms with E-state index in [0.717, 1.165) is 11.1 Å². The minimum absolute atomic E-state index is 0.0408. The zero-order valence-electron chi connectivity index (χ0n) is 15.9. The van der Waals surface area contributed by atoms with Crippen molar-refractivity contribution in [1.82, 2.24) is 4.98 Å². The zero-order chi connectivity index (χ0) is 20.7. The van der Waals surface area contributed by atoms with E-state index in [1.54, 1.807) is 24.3 Å². The van der Waals surface area contributed by atoms with Crippen molar-refractivity contribution in [2.24, 2.45) is 4.99 Å². The summed E-state index contributed by atoms with van der Waals surface area (Å²) in [5.74, 6) is 1.35. The summed E-state index contributed by atoms with van der Waals surface area (Å²) in [6.45, 7) is 2.04. The van der Waals surface area contributed by atoms with Gasteiger partial charge in [0.05, 0.1) is 22.2 Å². The second kappa shape index (κ2) is 7.00. The SMILES string of the molecule is Cc1ccccc1-c1nc2cc(N=Cc3cc4c(cc3[N+](=O)[O-])OCO4)ccc2o1. The second-order valence-electron chi connectivity index (χ2n) is 6.77. The van der Waals surface area contributed by atoms with E-state index in [2.05, 4.69) is 9.98 Å². The number of nitrogens with zero attached hydrogens (tertiary/aromatic N) is 3. The molecule has 1 aliphatic heterocycles. The molecule has 0 aliphatic carbocycles. The molecule has 1 aliphatic rings. The molecule has 4 aromatic rings. The van der Waals surface area contributed by atoms with E-state index < -0.39 is 4.92 Å². The van der Waals surface area contributed by atoms with Gasteiger partial charge in [-0.25, -0.2) is 4.98 Å². The molecule has 1 aromatic heterocycles. The zero-order valence-corrected chi connectivity index (χ0v) is 15.9. The van der Waals surface area contributed by atoms with Crippen LogP contribution >= 0.6 is 0 Å². The number of aromatic nitrogens is 1. The molecule has 0 N–H and O–H groups in total. The lowest BCUT2D eigenvalue weighted by molar-refractivity contribution is -0.385. The molecule has 0 saturated heterocycles. The normalized spacial score (nSPS) is 12.7. The lowest BCUT2D eigenvalue weighted by Gasteiger charge is -2.00. The van der Waals surface area contributed by atoms with Crippen molar-refractivity contribution in [2.75, 3.05) is 6.79 Å². The number of nitro groups is 1. The van der Waals surface area contributed by atoms with Gasteiger partial charge in [0, 0.05) is 11.8 Å². The number of benzene rings is 3. The molecule has 30 heavy (non-hydrogen) atoms. The van der Waals surface area contributed by atoms with Gasteiger partial charge >= 0.3 is 0 Å². The smallest absolute Gasteiger partial charge is 0.282 e. The Morgan fingerprint density at radius 2 is 1.90 bits per heavy atom. The van der Waals surface area contributed by atoms with Gasteiger partial charge in [-0.2, -0.15) is 0 Å². The van der Waals surface area contributed by atoms with Gasteiger partial charge in [-0.05, 0) is 42.8 Å². The van der Waals surface area contributed by atoms with Crippen LogP contribution in [0.5, 0.6) is 11.5 Å². The standard InChI is InChI=1S/C22H15N3O5/c1-13-4-2-3-5-16(13)22-24-17-9-15(6-7-19(17)30-22)23-11-14-8-20-21(29-12-28-20)10-18(14)25(26)27/h2-11H,12H2,1H3. The van der Waals surface area contributed by atoms with Crippen LogP contribution in [-0.2, 0) is 0 Å². The van der Waals surface area contributed by atoms with E-state index in [9.17, 15) is 10.1 Å². The Bertz CT molecular complexity index is 1330. The predicted octanol–water partition coefficient (Wildman–Crippen LogP) is 5.19. The summed E-state index contributed by atoms with van der Waals surface area (Å²) in [6.07, 6.45) is 1.43. The maximum absolute atomic E-state index is 11.4. The average molecular weight is 401 g/mol. The van der Waals surface area contributed by atoms with E-state index in [4.69, 9.17) is 13.9 Å². The third kappa shape index (κ3) is 3.14. The highest BCUT2D eigenvalue weighted by atomic mass is 16.7. The Kier molecular flexibility index (Phi) is 4.17. The minimum atomic E-state index is -0.474. The summed E-state index contributed by atoms with van der Waals surface area (Å²) in [7, 11) is 0. The van der Waals surface area contributed by atoms with Crippen molar-refractivity contribution in [3.8, 4) is 23.0 Å². The van der Waals surface area contributed by atoms with Crippen LogP contribution in [0, 0.1) is 17.0 Å². The molecule has 0 spiro atoms. The molecule has 2 heterocycles. The van der Waals surface area contributed by atoms with Crippen LogP contribution in [0.15, 0.2) is 64.0 Å². The molecule has 5 rings (SSSR count). The Hall–Kier alpha value is -4.20. The molecule has 0 fully saturated rings. The number of aryl methyl sites for hydroxylation is 1. The summed E-state index contributed by atoms with van der Waals surface area (Å²) in [4.78, 5) is 19.9. The lowest BCUT2D eigenvalue weighted by Crippen LogP contribution is -1.94.